The Morgan fingerprint density at radius 3 is 2.48 bits per heavy atom. The molecule has 1 aromatic heterocycles. The molecule has 0 spiro atoms. The first-order chi connectivity index (χ1) is 10.0. The number of aromatic amines is 1. The van der Waals surface area contributed by atoms with Gasteiger partial charge in [-0.05, 0) is 48.4 Å². The molecule has 0 unspecified atom stereocenters. The summed E-state index contributed by atoms with van der Waals surface area (Å²) in [7, 11) is 0. The lowest BCUT2D eigenvalue weighted by Crippen LogP contribution is -1.89. The Balaban J connectivity index is 2.19. The number of nitrogens with zero attached hydrogens (tertiary/aromatic N) is 1. The van der Waals surface area contributed by atoms with Gasteiger partial charge in [-0.15, -0.1) is 0 Å². The molecule has 3 nitrogen and oxygen atoms in total. The number of halogens is 2. The van der Waals surface area contributed by atoms with Crippen molar-refractivity contribution >= 4 is 17.4 Å². The van der Waals surface area contributed by atoms with Crippen LogP contribution in [-0.2, 0) is 0 Å². The first kappa shape index (κ1) is 13.6. The number of H-pyrrole nitrogens is 1. The maximum Gasteiger partial charge on any atom is 0.153 e. The van der Waals surface area contributed by atoms with Crippen LogP contribution >= 0.6 is 11.6 Å². The van der Waals surface area contributed by atoms with Gasteiger partial charge in [0.15, 0.2) is 5.82 Å². The largest absolute Gasteiger partial charge is 0.382 e. The van der Waals surface area contributed by atoms with E-state index >= 15 is 0 Å². The molecular weight excluding hydrogens is 289 g/mol. The fourth-order valence-corrected chi connectivity index (χ4v) is 2.48. The Hall–Kier alpha value is -2.33. The minimum absolute atomic E-state index is 0.291. The highest BCUT2D eigenvalue weighted by atomic mass is 35.5. The molecule has 21 heavy (non-hydrogen) atoms. The van der Waals surface area contributed by atoms with Crippen LogP contribution in [-0.4, -0.2) is 10.2 Å². The minimum atomic E-state index is -0.291. The van der Waals surface area contributed by atoms with Gasteiger partial charge in [-0.25, -0.2) is 4.39 Å². The first-order valence-corrected chi connectivity index (χ1v) is 6.80. The molecule has 0 aliphatic carbocycles. The van der Waals surface area contributed by atoms with E-state index in [1.54, 1.807) is 12.1 Å². The van der Waals surface area contributed by atoms with Crippen LogP contribution in [0.3, 0.4) is 0 Å². The summed E-state index contributed by atoms with van der Waals surface area (Å²) in [5.74, 6) is 0.0782. The zero-order chi connectivity index (χ0) is 15.0. The van der Waals surface area contributed by atoms with Gasteiger partial charge >= 0.3 is 0 Å². The van der Waals surface area contributed by atoms with Crippen molar-refractivity contribution in [3.05, 3.63) is 58.9 Å². The highest BCUT2D eigenvalue weighted by Gasteiger charge is 2.15. The Morgan fingerprint density at radius 2 is 1.81 bits per heavy atom. The number of anilines is 1. The van der Waals surface area contributed by atoms with Gasteiger partial charge in [-0.1, -0.05) is 23.7 Å². The normalized spacial score (nSPS) is 10.8. The van der Waals surface area contributed by atoms with E-state index in [0.29, 0.717) is 22.1 Å². The van der Waals surface area contributed by atoms with Crippen LogP contribution in [0, 0.1) is 12.7 Å². The molecule has 0 atom stereocenters. The predicted molar refractivity (Wildman–Crippen MR) is 83.6 cm³/mol. The first-order valence-electron chi connectivity index (χ1n) is 6.42. The van der Waals surface area contributed by atoms with E-state index in [0.717, 1.165) is 16.7 Å². The molecule has 0 radical (unpaired) electrons. The Kier molecular flexibility index (Phi) is 3.39. The SMILES string of the molecule is Cc1cc(F)cc(-c2[nH]nc(N)c2-c2ccc(Cl)cc2)c1. The molecule has 0 saturated carbocycles. The number of nitrogen functional groups attached to an aromatic ring is 1. The van der Waals surface area contributed by atoms with Gasteiger partial charge in [0, 0.05) is 10.6 Å². The zero-order valence-corrected chi connectivity index (χ0v) is 12.1. The Labute approximate surface area is 126 Å². The molecule has 0 amide bonds. The lowest BCUT2D eigenvalue weighted by atomic mass is 10.00. The summed E-state index contributed by atoms with van der Waals surface area (Å²) >= 11 is 5.91. The molecule has 3 rings (SSSR count). The molecule has 3 N–H and O–H groups in total. The summed E-state index contributed by atoms with van der Waals surface area (Å²) in [6, 6.07) is 12.1. The lowest BCUT2D eigenvalue weighted by Gasteiger charge is -2.06. The van der Waals surface area contributed by atoms with Crippen LogP contribution in [0.1, 0.15) is 5.56 Å². The number of hydrogen-bond donors (Lipinski definition) is 2. The monoisotopic (exact) mass is 301 g/mol. The van der Waals surface area contributed by atoms with Crippen molar-refractivity contribution in [2.24, 2.45) is 0 Å². The van der Waals surface area contributed by atoms with E-state index in [-0.39, 0.29) is 5.82 Å². The average Bonchev–Trinajstić information content (AvgIpc) is 2.80. The van der Waals surface area contributed by atoms with Gasteiger partial charge in [-0.3, -0.25) is 5.10 Å². The molecule has 0 aliphatic rings. The fraction of sp³-hybridized carbons (Fsp3) is 0.0625. The van der Waals surface area contributed by atoms with Gasteiger partial charge in [0.05, 0.1) is 11.3 Å². The minimum Gasteiger partial charge on any atom is -0.382 e. The number of nitrogens with two attached hydrogens (primary N) is 1. The highest BCUT2D eigenvalue weighted by Crippen LogP contribution is 2.35. The number of nitrogens with one attached hydrogen (secondary N) is 1. The molecular formula is C16H13ClFN3. The Bertz CT molecular complexity index is 774. The smallest absolute Gasteiger partial charge is 0.153 e. The third-order valence-electron chi connectivity index (χ3n) is 3.26. The van der Waals surface area contributed by atoms with Gasteiger partial charge < -0.3 is 5.73 Å². The van der Waals surface area contributed by atoms with Crippen molar-refractivity contribution < 1.29 is 4.39 Å². The lowest BCUT2D eigenvalue weighted by molar-refractivity contribution is 0.627. The second kappa shape index (κ2) is 5.22. The molecule has 0 fully saturated rings. The maximum atomic E-state index is 13.6. The molecule has 1 heterocycles. The van der Waals surface area contributed by atoms with E-state index in [1.165, 1.54) is 12.1 Å². The maximum absolute atomic E-state index is 13.6. The number of benzene rings is 2. The van der Waals surface area contributed by atoms with Crippen LogP contribution in [0.15, 0.2) is 42.5 Å². The number of rotatable bonds is 2. The van der Waals surface area contributed by atoms with E-state index in [9.17, 15) is 4.39 Å². The summed E-state index contributed by atoms with van der Waals surface area (Å²) in [4.78, 5) is 0. The topological polar surface area (TPSA) is 54.7 Å². The number of hydrogen-bond acceptors (Lipinski definition) is 2. The summed E-state index contributed by atoms with van der Waals surface area (Å²) in [5, 5.41) is 7.57. The molecule has 5 heteroatoms. The van der Waals surface area contributed by atoms with Gasteiger partial charge in [0.1, 0.15) is 5.82 Å². The molecule has 106 valence electrons. The van der Waals surface area contributed by atoms with Crippen LogP contribution < -0.4 is 5.73 Å². The van der Waals surface area contributed by atoms with Gasteiger partial charge in [0.25, 0.3) is 0 Å². The third-order valence-corrected chi connectivity index (χ3v) is 3.51. The summed E-state index contributed by atoms with van der Waals surface area (Å²) in [5.41, 5.74) is 9.82. The van der Waals surface area contributed by atoms with Crippen LogP contribution in [0.25, 0.3) is 22.4 Å². The van der Waals surface area contributed by atoms with Crippen molar-refractivity contribution in [2.45, 2.75) is 6.92 Å². The molecule has 0 saturated heterocycles. The zero-order valence-electron chi connectivity index (χ0n) is 11.3. The van der Waals surface area contributed by atoms with Crippen molar-refractivity contribution in [3.63, 3.8) is 0 Å². The molecule has 2 aromatic carbocycles. The standard InChI is InChI=1S/C16H13ClFN3/c1-9-6-11(8-13(18)7-9)15-14(16(19)21-20-15)10-2-4-12(17)5-3-10/h2-8H,1H3,(H3,19,20,21). The summed E-state index contributed by atoms with van der Waals surface area (Å²) < 4.78 is 13.6. The molecule has 3 aromatic rings. The summed E-state index contributed by atoms with van der Waals surface area (Å²) in [6.45, 7) is 1.84. The van der Waals surface area contributed by atoms with Crippen molar-refractivity contribution in [1.29, 1.82) is 0 Å². The fourth-order valence-electron chi connectivity index (χ4n) is 2.35. The van der Waals surface area contributed by atoms with E-state index < -0.39 is 0 Å². The van der Waals surface area contributed by atoms with Crippen molar-refractivity contribution in [2.75, 3.05) is 5.73 Å². The van der Waals surface area contributed by atoms with Crippen molar-refractivity contribution in [3.8, 4) is 22.4 Å². The average molecular weight is 302 g/mol. The second-order valence-electron chi connectivity index (χ2n) is 4.88. The highest BCUT2D eigenvalue weighted by molar-refractivity contribution is 6.30. The molecule has 0 bridgehead atoms. The third kappa shape index (κ3) is 2.62. The van der Waals surface area contributed by atoms with Crippen molar-refractivity contribution in [1.82, 2.24) is 10.2 Å². The summed E-state index contributed by atoms with van der Waals surface area (Å²) in [6.07, 6.45) is 0. The van der Waals surface area contributed by atoms with E-state index in [2.05, 4.69) is 10.2 Å². The quantitative estimate of drug-likeness (QED) is 0.736. The second-order valence-corrected chi connectivity index (χ2v) is 5.32. The van der Waals surface area contributed by atoms with Crippen LogP contribution in [0.4, 0.5) is 10.2 Å². The van der Waals surface area contributed by atoms with Gasteiger partial charge in [-0.2, -0.15) is 5.10 Å². The van der Waals surface area contributed by atoms with E-state index in [1.807, 2.05) is 25.1 Å². The van der Waals surface area contributed by atoms with E-state index in [4.69, 9.17) is 17.3 Å². The van der Waals surface area contributed by atoms with Crippen LogP contribution in [0.2, 0.25) is 5.02 Å². The Morgan fingerprint density at radius 1 is 1.10 bits per heavy atom. The predicted octanol–water partition coefficient (Wildman–Crippen LogP) is 4.43. The number of aromatic nitrogens is 2. The molecule has 0 aliphatic heterocycles. The van der Waals surface area contributed by atoms with Crippen LogP contribution in [0.5, 0.6) is 0 Å². The van der Waals surface area contributed by atoms with Gasteiger partial charge in [0.2, 0.25) is 0 Å². The number of aryl methyl sites for hydroxylation is 1.